The molecule has 1 unspecified atom stereocenters. The Hall–Kier alpha value is -2.52. The summed E-state index contributed by atoms with van der Waals surface area (Å²) in [5, 5.41) is 0.302. The number of carbonyl (C=O) groups excluding carboxylic acids is 1. The number of rotatable bonds is 2. The van der Waals surface area contributed by atoms with Crippen molar-refractivity contribution in [3.8, 4) is 0 Å². The minimum Gasteiger partial charge on any atom is -0.373 e. The first-order valence-electron chi connectivity index (χ1n) is 8.09. The van der Waals surface area contributed by atoms with E-state index in [1.54, 1.807) is 19.3 Å². The Morgan fingerprint density at radius 2 is 1.96 bits per heavy atom. The van der Waals surface area contributed by atoms with Gasteiger partial charge in [0.2, 0.25) is 0 Å². The number of ether oxygens (including phenoxy) is 1. The summed E-state index contributed by atoms with van der Waals surface area (Å²) < 4.78 is 33.8. The molecule has 4 rings (SSSR count). The third-order valence-corrected chi connectivity index (χ3v) is 5.16. The number of nitrogens with zero attached hydrogens (tertiary/aromatic N) is 1. The van der Waals surface area contributed by atoms with E-state index in [4.69, 9.17) is 4.74 Å². The summed E-state index contributed by atoms with van der Waals surface area (Å²) in [6.45, 7) is 0.281. The maximum atomic E-state index is 13.9. The Balaban J connectivity index is 1.87. The van der Waals surface area contributed by atoms with Gasteiger partial charge in [-0.2, -0.15) is 0 Å². The van der Waals surface area contributed by atoms with Crippen LogP contribution in [0.1, 0.15) is 27.8 Å². The van der Waals surface area contributed by atoms with Gasteiger partial charge in [-0.25, -0.2) is 8.78 Å². The lowest BCUT2D eigenvalue weighted by Gasteiger charge is -2.33. The Kier molecular flexibility index (Phi) is 4.35. The number of hydrogen-bond donors (Lipinski definition) is 2. The predicted molar refractivity (Wildman–Crippen MR) is 97.5 cm³/mol. The average Bonchev–Trinajstić information content (AvgIpc) is 3.08. The molecule has 0 saturated heterocycles. The second-order valence-corrected chi connectivity index (χ2v) is 7.25. The minimum absolute atomic E-state index is 0.0306. The molecular weight excluding hydrogens is 424 g/mol. The molecule has 2 N–H and O–H groups in total. The fourth-order valence-corrected chi connectivity index (χ4v) is 3.71. The van der Waals surface area contributed by atoms with E-state index in [1.165, 1.54) is 4.90 Å². The lowest BCUT2D eigenvalue weighted by atomic mass is 9.95. The summed E-state index contributed by atoms with van der Waals surface area (Å²) in [5.74, 6) is -2.45. The number of aromatic nitrogens is 2. The second kappa shape index (κ2) is 6.58. The molecule has 1 aromatic carbocycles. The first-order chi connectivity index (χ1) is 12.9. The van der Waals surface area contributed by atoms with Gasteiger partial charge in [0.1, 0.15) is 5.69 Å². The van der Waals surface area contributed by atoms with Crippen LogP contribution in [-0.2, 0) is 11.3 Å². The van der Waals surface area contributed by atoms with Crippen molar-refractivity contribution in [3.05, 3.63) is 67.8 Å². The maximum absolute atomic E-state index is 13.9. The van der Waals surface area contributed by atoms with E-state index >= 15 is 0 Å². The van der Waals surface area contributed by atoms with E-state index in [0.29, 0.717) is 17.0 Å². The fraction of sp³-hybridized carbons (Fsp3) is 0.222. The predicted octanol–water partition coefficient (Wildman–Crippen LogP) is 3.24. The highest BCUT2D eigenvalue weighted by molar-refractivity contribution is 9.10. The van der Waals surface area contributed by atoms with Crippen molar-refractivity contribution < 1.29 is 18.3 Å². The minimum atomic E-state index is -1.10. The van der Waals surface area contributed by atoms with Crippen molar-refractivity contribution in [2.75, 3.05) is 13.7 Å². The number of fused-ring (bicyclic) bond motifs is 3. The molecule has 1 amide bonds. The number of hydrogen-bond acceptors (Lipinski definition) is 3. The SMILES string of the molecule is CN(C(=O)c1cc(Br)c[nH]1)C1COCc2[nH]c(=O)c3cc(F)c(F)cc3c21. The Bertz CT molecular complexity index is 1120. The molecule has 0 radical (unpaired) electrons. The first kappa shape index (κ1) is 17.9. The van der Waals surface area contributed by atoms with Crippen LogP contribution in [0.25, 0.3) is 10.8 Å². The average molecular weight is 438 g/mol. The quantitative estimate of drug-likeness (QED) is 0.645. The van der Waals surface area contributed by atoms with Gasteiger partial charge in [-0.1, -0.05) is 0 Å². The molecule has 0 bridgehead atoms. The van der Waals surface area contributed by atoms with Crippen LogP contribution in [0, 0.1) is 11.6 Å². The lowest BCUT2D eigenvalue weighted by molar-refractivity contribution is 0.0333. The molecule has 27 heavy (non-hydrogen) atoms. The molecule has 1 atom stereocenters. The van der Waals surface area contributed by atoms with E-state index in [1.807, 2.05) is 0 Å². The van der Waals surface area contributed by atoms with Gasteiger partial charge in [0.25, 0.3) is 11.5 Å². The van der Waals surface area contributed by atoms with Crippen LogP contribution in [0.15, 0.2) is 33.7 Å². The lowest BCUT2D eigenvalue weighted by Crippen LogP contribution is -2.37. The van der Waals surface area contributed by atoms with Crippen LogP contribution in [0.4, 0.5) is 8.78 Å². The maximum Gasteiger partial charge on any atom is 0.270 e. The van der Waals surface area contributed by atoms with Gasteiger partial charge in [-0.15, -0.1) is 0 Å². The van der Waals surface area contributed by atoms with Gasteiger partial charge in [-0.05, 0) is 39.5 Å². The zero-order chi connectivity index (χ0) is 19.3. The van der Waals surface area contributed by atoms with Crippen molar-refractivity contribution in [3.63, 3.8) is 0 Å². The molecular formula is C18H14BrF2N3O3. The number of pyridine rings is 1. The number of nitrogens with one attached hydrogen (secondary N) is 2. The highest BCUT2D eigenvalue weighted by atomic mass is 79.9. The number of aromatic amines is 2. The molecule has 1 aliphatic rings. The molecule has 140 valence electrons. The van der Waals surface area contributed by atoms with Crippen molar-refractivity contribution in [1.82, 2.24) is 14.9 Å². The molecule has 0 aliphatic carbocycles. The normalized spacial score (nSPS) is 16.4. The highest BCUT2D eigenvalue weighted by Crippen LogP contribution is 2.34. The van der Waals surface area contributed by atoms with Crippen molar-refractivity contribution in [2.24, 2.45) is 0 Å². The zero-order valence-corrected chi connectivity index (χ0v) is 15.7. The summed E-state index contributed by atoms with van der Waals surface area (Å²) in [6, 6.07) is 2.94. The van der Waals surface area contributed by atoms with E-state index in [9.17, 15) is 18.4 Å². The third kappa shape index (κ3) is 2.96. The standard InChI is InChI=1S/C18H14BrF2N3O3/c1-24(18(26)13-2-8(19)5-22-13)15-7-27-6-14-16(15)9-3-11(20)12(21)4-10(9)17(25)23-14/h2-5,15,22H,6-7H2,1H3,(H,23,25). The van der Waals surface area contributed by atoms with Crippen LogP contribution in [0.5, 0.6) is 0 Å². The van der Waals surface area contributed by atoms with Crippen molar-refractivity contribution in [1.29, 1.82) is 0 Å². The van der Waals surface area contributed by atoms with Crippen LogP contribution in [0.2, 0.25) is 0 Å². The Morgan fingerprint density at radius 1 is 1.26 bits per heavy atom. The van der Waals surface area contributed by atoms with Crippen LogP contribution >= 0.6 is 15.9 Å². The number of halogens is 3. The molecule has 1 aliphatic heterocycles. The van der Waals surface area contributed by atoms with Crippen LogP contribution in [0.3, 0.4) is 0 Å². The van der Waals surface area contributed by atoms with Gasteiger partial charge in [0.15, 0.2) is 11.6 Å². The van der Waals surface area contributed by atoms with Gasteiger partial charge in [-0.3, -0.25) is 9.59 Å². The summed E-state index contributed by atoms with van der Waals surface area (Å²) in [6.07, 6.45) is 1.64. The number of likely N-dealkylation sites (N-methyl/N-ethyl adjacent to an activating group) is 1. The molecule has 3 aromatic rings. The number of benzene rings is 1. The van der Waals surface area contributed by atoms with E-state index in [2.05, 4.69) is 25.9 Å². The van der Waals surface area contributed by atoms with Gasteiger partial charge in [0, 0.05) is 29.0 Å². The molecule has 0 spiro atoms. The molecule has 0 fully saturated rings. The topological polar surface area (TPSA) is 78.2 Å². The third-order valence-electron chi connectivity index (χ3n) is 4.71. The largest absolute Gasteiger partial charge is 0.373 e. The van der Waals surface area contributed by atoms with Crippen molar-refractivity contribution in [2.45, 2.75) is 12.6 Å². The zero-order valence-electron chi connectivity index (χ0n) is 14.1. The summed E-state index contributed by atoms with van der Waals surface area (Å²) in [7, 11) is 1.59. The molecule has 6 nitrogen and oxygen atoms in total. The Morgan fingerprint density at radius 3 is 2.63 bits per heavy atom. The monoisotopic (exact) mass is 437 g/mol. The smallest absolute Gasteiger partial charge is 0.270 e. The summed E-state index contributed by atoms with van der Waals surface area (Å²) in [5.41, 5.74) is 0.829. The number of amides is 1. The van der Waals surface area contributed by atoms with E-state index < -0.39 is 23.2 Å². The summed E-state index contributed by atoms with van der Waals surface area (Å²) in [4.78, 5) is 32.0. The first-order valence-corrected chi connectivity index (χ1v) is 8.88. The highest BCUT2D eigenvalue weighted by Gasteiger charge is 2.31. The number of carbonyl (C=O) groups is 1. The molecule has 9 heteroatoms. The van der Waals surface area contributed by atoms with Crippen molar-refractivity contribution >= 4 is 32.6 Å². The Labute approximate surface area is 160 Å². The summed E-state index contributed by atoms with van der Waals surface area (Å²) >= 11 is 3.28. The van der Waals surface area contributed by atoms with Crippen LogP contribution < -0.4 is 5.56 Å². The van der Waals surface area contributed by atoms with Gasteiger partial charge < -0.3 is 19.6 Å². The fourth-order valence-electron chi connectivity index (χ4n) is 3.37. The van der Waals surface area contributed by atoms with Gasteiger partial charge >= 0.3 is 0 Å². The second-order valence-electron chi connectivity index (χ2n) is 6.34. The van der Waals surface area contributed by atoms with E-state index in [0.717, 1.165) is 16.6 Å². The molecule has 2 aromatic heterocycles. The molecule has 3 heterocycles. The van der Waals surface area contributed by atoms with E-state index in [-0.39, 0.29) is 29.9 Å². The molecule has 0 saturated carbocycles. The number of H-pyrrole nitrogens is 2. The van der Waals surface area contributed by atoms with Crippen LogP contribution in [-0.4, -0.2) is 34.4 Å². The van der Waals surface area contributed by atoms with Gasteiger partial charge in [0.05, 0.1) is 24.6 Å².